The fourth-order valence-electron chi connectivity index (χ4n) is 4.83. The minimum atomic E-state index is -4.43. The summed E-state index contributed by atoms with van der Waals surface area (Å²) in [5.74, 6) is 0.0649. The molecule has 16 nitrogen and oxygen atoms in total. The van der Waals surface area contributed by atoms with Crippen LogP contribution in [0.2, 0.25) is 0 Å². The van der Waals surface area contributed by atoms with Crippen molar-refractivity contribution in [3.63, 3.8) is 0 Å². The highest BCUT2D eigenvalue weighted by Gasteiger charge is 2.51. The monoisotopic (exact) mass is 616 g/mol. The third-order valence-electron chi connectivity index (χ3n) is 6.83. The molecule has 41 heavy (non-hydrogen) atoms. The van der Waals surface area contributed by atoms with Crippen LogP contribution in [0.5, 0.6) is 0 Å². The molecule has 0 saturated carbocycles. The Hall–Kier alpha value is -3.03. The average molecular weight is 617 g/mol. The Balaban J connectivity index is 1.18. The van der Waals surface area contributed by atoms with Crippen molar-refractivity contribution < 1.29 is 42.1 Å². The maximum atomic E-state index is 15.3. The fourth-order valence-corrected chi connectivity index (χ4v) is 6.28. The van der Waals surface area contributed by atoms with Crippen LogP contribution in [-0.4, -0.2) is 94.2 Å². The molecule has 5 N–H and O–H groups in total. The van der Waals surface area contributed by atoms with Crippen LogP contribution in [0.15, 0.2) is 36.0 Å². The molecular weight excluding hydrogens is 593 g/mol. The van der Waals surface area contributed by atoms with Gasteiger partial charge in [-0.2, -0.15) is 0 Å². The van der Waals surface area contributed by atoms with E-state index >= 15 is 8.78 Å². The van der Waals surface area contributed by atoms with Crippen molar-refractivity contribution in [3.05, 3.63) is 41.6 Å². The number of aliphatic hydroxyl groups is 2. The van der Waals surface area contributed by atoms with Gasteiger partial charge in [-0.25, -0.2) is 33.3 Å². The maximum absolute atomic E-state index is 15.3. The summed E-state index contributed by atoms with van der Waals surface area (Å²) in [5.41, 5.74) is 5.92. The fraction of sp³-hybridized carbons (Fsp3) is 0.476. The quantitative estimate of drug-likeness (QED) is 0.134. The number of hydrogen-bond donors (Lipinski definition) is 5. The van der Waals surface area contributed by atoms with Gasteiger partial charge in [0.05, 0.1) is 31.4 Å². The highest BCUT2D eigenvalue weighted by atomic mass is 32.7. The lowest BCUT2D eigenvalue weighted by atomic mass is 10.1. The topological polar surface area (TPSA) is 215 Å². The first-order valence-electron chi connectivity index (χ1n) is 12.1. The predicted octanol–water partition coefficient (Wildman–Crippen LogP) is 0.411. The number of anilines is 1. The Morgan fingerprint density at radius 3 is 2.61 bits per heavy atom. The van der Waals surface area contributed by atoms with Crippen molar-refractivity contribution in [2.24, 2.45) is 0 Å². The first-order valence-corrected chi connectivity index (χ1v) is 14.8. The molecule has 2 aliphatic heterocycles. The molecule has 0 aliphatic carbocycles. The van der Waals surface area contributed by atoms with Crippen molar-refractivity contribution >= 4 is 47.1 Å². The number of nitrogen functional groups attached to an aromatic ring is 1. The molecule has 2 unspecified atom stereocenters. The molecule has 6 rings (SSSR count). The summed E-state index contributed by atoms with van der Waals surface area (Å²) in [6.07, 6.45) is -7.80. The molecule has 20 heteroatoms. The van der Waals surface area contributed by atoms with Crippen LogP contribution in [0, 0.1) is 0 Å². The minimum Gasteiger partial charge on any atom is -0.394 e. The van der Waals surface area contributed by atoms with Crippen LogP contribution >= 0.6 is 19.0 Å². The van der Waals surface area contributed by atoms with E-state index in [0.29, 0.717) is 0 Å². The lowest BCUT2D eigenvalue weighted by Crippen LogP contribution is -2.33. The zero-order valence-electron chi connectivity index (χ0n) is 20.7. The van der Waals surface area contributed by atoms with Crippen molar-refractivity contribution in [3.8, 4) is 0 Å². The number of aromatic nitrogens is 7. The van der Waals surface area contributed by atoms with Crippen LogP contribution < -0.4 is 11.3 Å². The molecular formula is C21H23F2N8O8PS. The molecule has 0 amide bonds. The molecule has 4 aromatic heterocycles. The molecule has 0 radical (unpaired) electrons. The van der Waals surface area contributed by atoms with Gasteiger partial charge >= 0.3 is 6.80 Å². The van der Waals surface area contributed by atoms with E-state index in [1.165, 1.54) is 34.1 Å². The van der Waals surface area contributed by atoms with Crippen LogP contribution in [0.3, 0.4) is 0 Å². The van der Waals surface area contributed by atoms with E-state index in [-0.39, 0.29) is 28.0 Å². The van der Waals surface area contributed by atoms with E-state index in [4.69, 9.17) is 24.3 Å². The number of aliphatic hydroxyl groups excluding tert-OH is 2. The largest absolute Gasteiger partial charge is 0.394 e. The van der Waals surface area contributed by atoms with Crippen molar-refractivity contribution in [2.45, 2.75) is 49.2 Å². The Morgan fingerprint density at radius 1 is 1.10 bits per heavy atom. The number of H-pyrrole nitrogens is 1. The van der Waals surface area contributed by atoms with E-state index in [9.17, 15) is 19.6 Å². The van der Waals surface area contributed by atoms with Gasteiger partial charge in [0.1, 0.15) is 36.3 Å². The number of rotatable bonds is 8. The van der Waals surface area contributed by atoms with Gasteiger partial charge in [0.25, 0.3) is 5.56 Å². The molecule has 0 bridgehead atoms. The molecule has 2 fully saturated rings. The van der Waals surface area contributed by atoms with Gasteiger partial charge in [-0.15, -0.1) is 0 Å². The van der Waals surface area contributed by atoms with Crippen LogP contribution in [-0.2, 0) is 23.1 Å². The van der Waals surface area contributed by atoms with E-state index in [0.717, 1.165) is 6.33 Å². The Labute approximate surface area is 233 Å². The highest BCUT2D eigenvalue weighted by molar-refractivity contribution is 8.44. The average Bonchev–Trinajstić information content (AvgIpc) is 3.70. The number of hydrogen-bond acceptors (Lipinski definition) is 13. The molecule has 2 aliphatic rings. The smallest absolute Gasteiger partial charge is 0.386 e. The van der Waals surface area contributed by atoms with Gasteiger partial charge in [0, 0.05) is 6.20 Å². The first kappa shape index (κ1) is 28.1. The third kappa shape index (κ3) is 4.91. The van der Waals surface area contributed by atoms with Crippen molar-refractivity contribution in [1.82, 2.24) is 34.1 Å². The predicted molar refractivity (Wildman–Crippen MR) is 138 cm³/mol. The third-order valence-corrected chi connectivity index (χ3v) is 8.45. The molecule has 0 aromatic carbocycles. The standard InChI is InChI=1S/C21H23F2N8O8PS/c22-11-9(3-32)37-21(30-6-28-13-8(30)1-2-25-19(13)34)16(11)39-40(35,41)36-4-10-15(33)12(23)20(38-10)31-7-29-14-17(24)26-5-27-18(14)31/h1-2,5-7,9-12,15-16,20-21,32-33H,3-4H2,(H,25,34)(H,35,41)(H2,24,26,27)/t9-,10-,11+,12+,15-,16?,20-,21-,40?/m1/s1. The number of alkyl halides is 2. The SMILES string of the molecule is Nc1ncnc2c1ncn2[C@@H]1O[C@H](COP(=O)(S)OC2[C@@H](F)[C@@H](CO)O[C@H]2n2cnc3c(=O)[nH]ccc32)[C@@H](O)[C@@H]1F. The summed E-state index contributed by atoms with van der Waals surface area (Å²) in [4.78, 5) is 30.4. The molecule has 220 valence electrons. The van der Waals surface area contributed by atoms with Crippen molar-refractivity contribution in [1.29, 1.82) is 0 Å². The van der Waals surface area contributed by atoms with Crippen LogP contribution in [0.25, 0.3) is 22.2 Å². The van der Waals surface area contributed by atoms with Crippen molar-refractivity contribution in [2.75, 3.05) is 18.9 Å². The number of nitrogens with two attached hydrogens (primary N) is 1. The number of imidazole rings is 2. The summed E-state index contributed by atoms with van der Waals surface area (Å²) in [6, 6.07) is 1.49. The van der Waals surface area contributed by atoms with Gasteiger partial charge < -0.3 is 35.0 Å². The second-order valence-corrected chi connectivity index (χ2v) is 12.2. The zero-order chi connectivity index (χ0) is 29.1. The first-order chi connectivity index (χ1) is 19.6. The highest BCUT2D eigenvalue weighted by Crippen LogP contribution is 2.57. The second kappa shape index (κ2) is 10.7. The summed E-state index contributed by atoms with van der Waals surface area (Å²) in [7, 11) is 0. The lowest BCUT2D eigenvalue weighted by Gasteiger charge is -2.25. The summed E-state index contributed by atoms with van der Waals surface area (Å²) < 4.78 is 67.9. The summed E-state index contributed by atoms with van der Waals surface area (Å²) >= 11 is 3.93. The number of thiol groups is 1. The number of halogens is 2. The zero-order valence-corrected chi connectivity index (χ0v) is 22.5. The number of pyridine rings is 1. The lowest BCUT2D eigenvalue weighted by molar-refractivity contribution is -0.0529. The number of ether oxygens (including phenoxy) is 2. The Morgan fingerprint density at radius 2 is 1.83 bits per heavy atom. The van der Waals surface area contributed by atoms with E-state index in [2.05, 4.69) is 37.2 Å². The molecule has 0 spiro atoms. The normalized spacial score (nSPS) is 31.7. The van der Waals surface area contributed by atoms with E-state index in [1.807, 2.05) is 0 Å². The summed E-state index contributed by atoms with van der Waals surface area (Å²) in [6.45, 7) is -5.82. The van der Waals surface area contributed by atoms with Crippen LogP contribution in [0.4, 0.5) is 14.6 Å². The minimum absolute atomic E-state index is 0.0329. The summed E-state index contributed by atoms with van der Waals surface area (Å²) in [5, 5.41) is 20.1. The van der Waals surface area contributed by atoms with Crippen LogP contribution in [0.1, 0.15) is 12.5 Å². The molecule has 9 atom stereocenters. The number of nitrogens with one attached hydrogen (secondary N) is 1. The van der Waals surface area contributed by atoms with Gasteiger partial charge in [-0.05, 0) is 6.07 Å². The van der Waals surface area contributed by atoms with Gasteiger partial charge in [0.2, 0.25) is 0 Å². The maximum Gasteiger partial charge on any atom is 0.386 e. The Kier molecular flexibility index (Phi) is 7.31. The molecule has 2 saturated heterocycles. The molecule has 4 aromatic rings. The second-order valence-electron chi connectivity index (χ2n) is 9.30. The molecule has 6 heterocycles. The van der Waals surface area contributed by atoms with Gasteiger partial charge in [0.15, 0.2) is 41.8 Å². The number of nitrogens with zero attached hydrogens (tertiary/aromatic N) is 6. The number of fused-ring (bicyclic) bond motifs is 2. The van der Waals surface area contributed by atoms with Gasteiger partial charge in [-0.3, -0.25) is 18.4 Å². The number of aromatic amines is 1. The Bertz CT molecular complexity index is 1690. The van der Waals surface area contributed by atoms with Gasteiger partial charge in [-0.1, -0.05) is 12.2 Å². The van der Waals surface area contributed by atoms with E-state index in [1.54, 1.807) is 0 Å². The van der Waals surface area contributed by atoms with E-state index < -0.39 is 74.8 Å².